The molecule has 2 N–H and O–H groups in total. The minimum atomic E-state index is -0.131. The Morgan fingerprint density at radius 2 is 1.86 bits per heavy atom. The molecular weight excluding hydrogens is 352 g/mol. The number of esters is 1. The zero-order valence-electron chi connectivity index (χ0n) is 16.4. The molecule has 148 valence electrons. The highest BCUT2D eigenvalue weighted by atomic mass is 16.5. The van der Waals surface area contributed by atoms with E-state index in [4.69, 9.17) is 4.74 Å². The fraction of sp³-hybridized carbons (Fsp3) is 0.391. The van der Waals surface area contributed by atoms with Crippen LogP contribution in [0.15, 0.2) is 54.6 Å². The van der Waals surface area contributed by atoms with Crippen LogP contribution in [0.5, 0.6) is 0 Å². The number of rotatable bonds is 7. The van der Waals surface area contributed by atoms with E-state index >= 15 is 0 Å². The van der Waals surface area contributed by atoms with Crippen LogP contribution in [0.4, 0.5) is 5.69 Å². The zero-order chi connectivity index (χ0) is 19.8. The van der Waals surface area contributed by atoms with Crippen LogP contribution in [0.25, 0.3) is 0 Å². The first kappa shape index (κ1) is 20.1. The van der Waals surface area contributed by atoms with Crippen molar-refractivity contribution in [3.63, 3.8) is 0 Å². The maximum atomic E-state index is 12.6. The fourth-order valence-electron chi connectivity index (χ4n) is 3.81. The fourth-order valence-corrected chi connectivity index (χ4v) is 3.81. The summed E-state index contributed by atoms with van der Waals surface area (Å²) in [6.45, 7) is 4.18. The summed E-state index contributed by atoms with van der Waals surface area (Å²) in [6, 6.07) is 18.2. The Bertz CT molecular complexity index is 791. The average molecular weight is 381 g/mol. The van der Waals surface area contributed by atoms with E-state index in [1.54, 1.807) is 0 Å². The van der Waals surface area contributed by atoms with Crippen molar-refractivity contribution in [3.8, 4) is 0 Å². The molecule has 2 atom stereocenters. The smallest absolute Gasteiger partial charge is 0.314 e. The number of piperidine rings is 1. The molecule has 1 aliphatic heterocycles. The number of para-hydroxylation sites is 1. The van der Waals surface area contributed by atoms with Crippen LogP contribution in [0.2, 0.25) is 0 Å². The second-order valence-corrected chi connectivity index (χ2v) is 7.34. The Balaban J connectivity index is 1.58. The van der Waals surface area contributed by atoms with Gasteiger partial charge in [-0.2, -0.15) is 0 Å². The first-order valence-electron chi connectivity index (χ1n) is 10.1. The number of ether oxygens (including phenoxy) is 1. The van der Waals surface area contributed by atoms with Gasteiger partial charge in [-0.1, -0.05) is 48.5 Å². The summed E-state index contributed by atoms with van der Waals surface area (Å²) in [5.74, 6) is -0.241. The highest BCUT2D eigenvalue weighted by molar-refractivity contribution is 5.92. The van der Waals surface area contributed by atoms with Crippen LogP contribution in [-0.2, 0) is 20.7 Å². The van der Waals surface area contributed by atoms with Gasteiger partial charge >= 0.3 is 5.97 Å². The lowest BCUT2D eigenvalue weighted by atomic mass is 9.98. The molecule has 0 radical (unpaired) electrons. The number of hydrogen-bond acceptors (Lipinski definition) is 3. The molecule has 0 spiro atoms. The van der Waals surface area contributed by atoms with Gasteiger partial charge in [0.1, 0.15) is 5.92 Å². The van der Waals surface area contributed by atoms with E-state index in [9.17, 15) is 9.59 Å². The molecule has 2 aromatic carbocycles. The Morgan fingerprint density at radius 1 is 1.11 bits per heavy atom. The molecule has 1 fully saturated rings. The third-order valence-electron chi connectivity index (χ3n) is 5.18. The van der Waals surface area contributed by atoms with Crippen molar-refractivity contribution in [2.75, 3.05) is 31.6 Å². The zero-order valence-corrected chi connectivity index (χ0v) is 16.4. The van der Waals surface area contributed by atoms with Crippen molar-refractivity contribution in [1.29, 1.82) is 0 Å². The monoisotopic (exact) mass is 381 g/mol. The molecule has 1 heterocycles. The highest BCUT2D eigenvalue weighted by Gasteiger charge is 2.30. The van der Waals surface area contributed by atoms with Gasteiger partial charge in [-0.3, -0.25) is 9.59 Å². The van der Waals surface area contributed by atoms with Crippen molar-refractivity contribution in [3.05, 3.63) is 65.7 Å². The van der Waals surface area contributed by atoms with Gasteiger partial charge in [0, 0.05) is 5.69 Å². The number of nitrogens with one attached hydrogen (secondary N) is 2. The van der Waals surface area contributed by atoms with Crippen molar-refractivity contribution in [2.24, 2.45) is 5.92 Å². The normalized spacial score (nSPS) is 19.0. The number of likely N-dealkylation sites (tertiary alicyclic amines) is 1. The SMILES string of the molecule is CCOC(=O)[C@H]1CCC[NH+](CC(=O)Nc2ccccc2Cc2ccccc2)C1. The molecule has 0 aromatic heterocycles. The summed E-state index contributed by atoms with van der Waals surface area (Å²) in [6.07, 6.45) is 2.57. The van der Waals surface area contributed by atoms with Crippen LogP contribution < -0.4 is 10.2 Å². The van der Waals surface area contributed by atoms with Crippen LogP contribution in [0, 0.1) is 5.92 Å². The van der Waals surface area contributed by atoms with Crippen LogP contribution in [0.3, 0.4) is 0 Å². The van der Waals surface area contributed by atoms with E-state index in [0.29, 0.717) is 19.7 Å². The maximum Gasteiger partial charge on any atom is 0.314 e. The molecular formula is C23H29N2O3+. The first-order chi connectivity index (χ1) is 13.7. The third kappa shape index (κ3) is 5.67. The number of carbonyl (C=O) groups excluding carboxylic acids is 2. The van der Waals surface area contributed by atoms with E-state index in [2.05, 4.69) is 17.4 Å². The molecule has 3 rings (SSSR count). The van der Waals surface area contributed by atoms with Gasteiger partial charge in [0.2, 0.25) is 0 Å². The van der Waals surface area contributed by atoms with Gasteiger partial charge in [0.05, 0.1) is 19.7 Å². The molecule has 0 bridgehead atoms. The van der Waals surface area contributed by atoms with Crippen molar-refractivity contribution in [1.82, 2.24) is 0 Å². The lowest BCUT2D eigenvalue weighted by molar-refractivity contribution is -0.899. The van der Waals surface area contributed by atoms with Crippen LogP contribution in [0.1, 0.15) is 30.9 Å². The van der Waals surface area contributed by atoms with Gasteiger partial charge < -0.3 is 15.0 Å². The summed E-state index contributed by atoms with van der Waals surface area (Å²) < 4.78 is 5.15. The van der Waals surface area contributed by atoms with E-state index < -0.39 is 0 Å². The Hall–Kier alpha value is -2.66. The molecule has 1 unspecified atom stereocenters. The van der Waals surface area contributed by atoms with Crippen molar-refractivity contribution >= 4 is 17.6 Å². The standard InChI is InChI=1S/C23H28N2O3/c1-2-28-23(27)20-12-8-14-25(16-20)17-22(26)24-21-13-7-6-11-19(21)15-18-9-4-3-5-10-18/h3-7,9-11,13,20H,2,8,12,14-17H2,1H3,(H,24,26)/p+1/t20-/m0/s1. The highest BCUT2D eigenvalue weighted by Crippen LogP contribution is 2.19. The van der Waals surface area contributed by atoms with Crippen LogP contribution in [-0.4, -0.2) is 38.1 Å². The summed E-state index contributed by atoms with van der Waals surface area (Å²) in [5, 5.41) is 3.07. The number of hydrogen-bond donors (Lipinski definition) is 2. The second-order valence-electron chi connectivity index (χ2n) is 7.34. The first-order valence-corrected chi connectivity index (χ1v) is 10.1. The van der Waals surface area contributed by atoms with E-state index in [0.717, 1.165) is 42.0 Å². The Kier molecular flexibility index (Phi) is 7.20. The molecule has 2 aromatic rings. The predicted molar refractivity (Wildman–Crippen MR) is 109 cm³/mol. The summed E-state index contributed by atoms with van der Waals surface area (Å²) in [5.41, 5.74) is 3.16. The summed E-state index contributed by atoms with van der Waals surface area (Å²) in [7, 11) is 0. The molecule has 1 amide bonds. The predicted octanol–water partition coefficient (Wildman–Crippen LogP) is 2.07. The van der Waals surface area contributed by atoms with Crippen LogP contribution >= 0.6 is 0 Å². The maximum absolute atomic E-state index is 12.6. The number of quaternary nitrogens is 1. The number of benzene rings is 2. The van der Waals surface area contributed by atoms with E-state index in [-0.39, 0.29) is 17.8 Å². The van der Waals surface area contributed by atoms with E-state index in [1.807, 2.05) is 49.4 Å². The lowest BCUT2D eigenvalue weighted by Gasteiger charge is -2.28. The van der Waals surface area contributed by atoms with Crippen molar-refractivity contribution in [2.45, 2.75) is 26.2 Å². The molecule has 28 heavy (non-hydrogen) atoms. The quantitative estimate of drug-likeness (QED) is 0.722. The minimum absolute atomic E-state index is 0.0139. The molecule has 1 aliphatic rings. The van der Waals surface area contributed by atoms with Gasteiger partial charge in [-0.25, -0.2) is 0 Å². The topological polar surface area (TPSA) is 59.8 Å². The lowest BCUT2D eigenvalue weighted by Crippen LogP contribution is -3.14. The number of amides is 1. The minimum Gasteiger partial charge on any atom is -0.466 e. The summed E-state index contributed by atoms with van der Waals surface area (Å²) in [4.78, 5) is 25.8. The molecule has 0 saturated carbocycles. The third-order valence-corrected chi connectivity index (χ3v) is 5.18. The second kappa shape index (κ2) is 10.0. The van der Waals surface area contributed by atoms with Gasteiger partial charge in [-0.05, 0) is 43.4 Å². The Morgan fingerprint density at radius 3 is 2.64 bits per heavy atom. The number of anilines is 1. The van der Waals surface area contributed by atoms with Gasteiger partial charge in [0.15, 0.2) is 6.54 Å². The van der Waals surface area contributed by atoms with E-state index in [1.165, 1.54) is 5.56 Å². The number of carbonyl (C=O) groups is 2. The molecule has 1 saturated heterocycles. The largest absolute Gasteiger partial charge is 0.466 e. The van der Waals surface area contributed by atoms with Gasteiger partial charge in [0.25, 0.3) is 5.91 Å². The molecule has 5 heteroatoms. The average Bonchev–Trinajstić information content (AvgIpc) is 2.70. The van der Waals surface area contributed by atoms with Gasteiger partial charge in [-0.15, -0.1) is 0 Å². The summed E-state index contributed by atoms with van der Waals surface area (Å²) >= 11 is 0. The van der Waals surface area contributed by atoms with Crippen molar-refractivity contribution < 1.29 is 19.2 Å². The Labute approximate surface area is 166 Å². The molecule has 0 aliphatic carbocycles. The molecule has 5 nitrogen and oxygen atoms in total.